The van der Waals surface area contributed by atoms with E-state index >= 15 is 0 Å². The zero-order valence-corrected chi connectivity index (χ0v) is 17.5. The summed E-state index contributed by atoms with van der Waals surface area (Å²) in [6.07, 6.45) is 2.74. The first-order valence-electron chi connectivity index (χ1n) is 8.07. The molecule has 28 heavy (non-hydrogen) atoms. The average Bonchev–Trinajstić information content (AvgIpc) is 3.05. The molecule has 0 aliphatic heterocycles. The molecule has 0 spiro atoms. The molecule has 1 heterocycles. The van der Waals surface area contributed by atoms with Gasteiger partial charge in [0.1, 0.15) is 11.7 Å². The number of halogens is 3. The van der Waals surface area contributed by atoms with Crippen molar-refractivity contribution in [2.75, 3.05) is 6.16 Å². The van der Waals surface area contributed by atoms with Gasteiger partial charge in [0.05, 0.1) is 5.02 Å². The SMILES string of the molecule is O=C(N/C=C/c1ccc(F)c(Cl)c1)C(C[P+](=O)O)c1csc2ccc(Cl)cc12. The van der Waals surface area contributed by atoms with Gasteiger partial charge in [0.15, 0.2) is 6.16 Å². The third kappa shape index (κ3) is 4.96. The number of benzene rings is 2. The smallest absolute Gasteiger partial charge is 0.332 e. The first-order valence-corrected chi connectivity index (χ1v) is 11.1. The highest BCUT2D eigenvalue weighted by Gasteiger charge is 2.31. The molecule has 0 saturated carbocycles. The van der Waals surface area contributed by atoms with Crippen LogP contribution < -0.4 is 5.32 Å². The van der Waals surface area contributed by atoms with Crippen molar-refractivity contribution in [1.82, 2.24) is 5.32 Å². The summed E-state index contributed by atoms with van der Waals surface area (Å²) in [6, 6.07) is 9.50. The van der Waals surface area contributed by atoms with E-state index in [1.807, 2.05) is 6.07 Å². The number of thiophene rings is 1. The Labute approximate surface area is 175 Å². The van der Waals surface area contributed by atoms with Crippen LogP contribution in [0, 0.1) is 5.82 Å². The van der Waals surface area contributed by atoms with E-state index < -0.39 is 25.7 Å². The second-order valence-electron chi connectivity index (χ2n) is 5.93. The summed E-state index contributed by atoms with van der Waals surface area (Å²) < 4.78 is 25.6. The van der Waals surface area contributed by atoms with E-state index in [-0.39, 0.29) is 11.2 Å². The Morgan fingerprint density at radius 1 is 1.29 bits per heavy atom. The molecule has 0 fully saturated rings. The fraction of sp³-hybridized carbons (Fsp3) is 0.105. The van der Waals surface area contributed by atoms with E-state index in [4.69, 9.17) is 23.2 Å². The molecule has 2 atom stereocenters. The van der Waals surface area contributed by atoms with Crippen LogP contribution in [0.25, 0.3) is 16.2 Å². The van der Waals surface area contributed by atoms with Crippen molar-refractivity contribution >= 4 is 64.6 Å². The van der Waals surface area contributed by atoms with Crippen molar-refractivity contribution in [2.45, 2.75) is 5.92 Å². The predicted molar refractivity (Wildman–Crippen MR) is 113 cm³/mol. The second kappa shape index (κ2) is 9.12. The molecular formula is C19H14Cl2FNO3PS+. The molecule has 3 rings (SSSR count). The van der Waals surface area contributed by atoms with Gasteiger partial charge >= 0.3 is 8.03 Å². The zero-order chi connectivity index (χ0) is 20.3. The van der Waals surface area contributed by atoms with Crippen LogP contribution in [0.5, 0.6) is 0 Å². The standard InChI is InChI=1S/C19H13Cl2FNO3PS/c20-12-2-4-18-13(8-12)15(10-28-18)14(9-27(25)26)19(24)23-6-5-11-1-3-17(22)16(21)7-11/h1-8,10,14H,9H2,(H-,23,24,25,26)/p+1/b6-5+. The number of nitrogens with one attached hydrogen (secondary N) is 1. The molecule has 4 nitrogen and oxygen atoms in total. The number of hydrogen-bond donors (Lipinski definition) is 2. The second-order valence-corrected chi connectivity index (χ2v) is 8.76. The molecule has 0 radical (unpaired) electrons. The maximum absolute atomic E-state index is 13.2. The molecule has 2 unspecified atom stereocenters. The molecule has 9 heteroatoms. The average molecular weight is 457 g/mol. The number of carbonyl (C=O) groups is 1. The normalized spacial score (nSPS) is 13.1. The highest BCUT2D eigenvalue weighted by Crippen LogP contribution is 2.36. The Morgan fingerprint density at radius 2 is 2.07 bits per heavy atom. The van der Waals surface area contributed by atoms with Gasteiger partial charge in [-0.1, -0.05) is 29.3 Å². The largest absolute Gasteiger partial charge is 0.506 e. The van der Waals surface area contributed by atoms with Gasteiger partial charge in [-0.3, -0.25) is 4.79 Å². The third-order valence-corrected chi connectivity index (χ3v) is 6.23. The van der Waals surface area contributed by atoms with Gasteiger partial charge in [0, 0.05) is 15.9 Å². The Bertz CT molecular complexity index is 1090. The fourth-order valence-electron chi connectivity index (χ4n) is 2.71. The van der Waals surface area contributed by atoms with E-state index in [0.717, 1.165) is 10.1 Å². The number of carbonyl (C=O) groups excluding carboxylic acids is 1. The van der Waals surface area contributed by atoms with Gasteiger partial charge in [-0.05, 0) is 62.9 Å². The minimum atomic E-state index is -2.53. The first-order chi connectivity index (χ1) is 13.3. The molecule has 0 aliphatic carbocycles. The predicted octanol–water partition coefficient (Wildman–Crippen LogP) is 5.95. The Kier molecular flexibility index (Phi) is 6.81. The molecular weight excluding hydrogens is 443 g/mol. The summed E-state index contributed by atoms with van der Waals surface area (Å²) in [6.45, 7) is 0. The van der Waals surface area contributed by atoms with Crippen molar-refractivity contribution in [3.8, 4) is 0 Å². The van der Waals surface area contributed by atoms with E-state index in [1.54, 1.807) is 23.6 Å². The highest BCUT2D eigenvalue weighted by molar-refractivity contribution is 7.38. The monoisotopic (exact) mass is 456 g/mol. The van der Waals surface area contributed by atoms with Crippen LogP contribution in [0.15, 0.2) is 48.0 Å². The van der Waals surface area contributed by atoms with Crippen LogP contribution in [-0.4, -0.2) is 17.0 Å². The lowest BCUT2D eigenvalue weighted by Crippen LogP contribution is -2.26. The van der Waals surface area contributed by atoms with E-state index in [1.165, 1.54) is 35.7 Å². The maximum atomic E-state index is 13.2. The summed E-state index contributed by atoms with van der Waals surface area (Å²) in [4.78, 5) is 22.1. The lowest BCUT2D eigenvalue weighted by Gasteiger charge is -2.10. The van der Waals surface area contributed by atoms with Crippen molar-refractivity contribution in [2.24, 2.45) is 0 Å². The van der Waals surface area contributed by atoms with Crippen LogP contribution in [0.3, 0.4) is 0 Å². The van der Waals surface area contributed by atoms with Gasteiger partial charge in [-0.2, -0.15) is 4.89 Å². The molecule has 2 N–H and O–H groups in total. The third-order valence-electron chi connectivity index (χ3n) is 4.04. The molecule has 1 aromatic heterocycles. The lowest BCUT2D eigenvalue weighted by molar-refractivity contribution is -0.121. The van der Waals surface area contributed by atoms with E-state index in [9.17, 15) is 18.6 Å². The molecule has 2 aromatic carbocycles. The number of rotatable bonds is 6. The maximum Gasteiger partial charge on any atom is 0.506 e. The molecule has 3 aromatic rings. The van der Waals surface area contributed by atoms with E-state index in [0.29, 0.717) is 16.1 Å². The Hall–Kier alpha value is -1.82. The minimum Gasteiger partial charge on any atom is -0.332 e. The first kappa shape index (κ1) is 20.9. The van der Waals surface area contributed by atoms with Crippen molar-refractivity contribution < 1.29 is 18.6 Å². The van der Waals surface area contributed by atoms with Gasteiger partial charge in [0.2, 0.25) is 5.91 Å². The van der Waals surface area contributed by atoms with Crippen LogP contribution in [0.4, 0.5) is 4.39 Å². The van der Waals surface area contributed by atoms with Gasteiger partial charge in [-0.25, -0.2) is 4.39 Å². The topological polar surface area (TPSA) is 66.4 Å². The zero-order valence-electron chi connectivity index (χ0n) is 14.2. The molecule has 144 valence electrons. The van der Waals surface area contributed by atoms with Crippen LogP contribution >= 0.6 is 42.6 Å². The van der Waals surface area contributed by atoms with Crippen LogP contribution in [0.2, 0.25) is 10.0 Å². The summed E-state index contributed by atoms with van der Waals surface area (Å²) >= 11 is 13.2. The summed E-state index contributed by atoms with van der Waals surface area (Å²) in [5, 5.41) is 5.69. The number of amides is 1. The Morgan fingerprint density at radius 3 is 2.79 bits per heavy atom. The summed E-state index contributed by atoms with van der Waals surface area (Å²) in [7, 11) is -2.53. The summed E-state index contributed by atoms with van der Waals surface area (Å²) in [5.74, 6) is -1.78. The molecule has 0 bridgehead atoms. The van der Waals surface area contributed by atoms with Gasteiger partial charge < -0.3 is 5.32 Å². The molecule has 1 amide bonds. The van der Waals surface area contributed by atoms with E-state index in [2.05, 4.69) is 5.32 Å². The quantitative estimate of drug-likeness (QED) is 0.450. The highest BCUT2D eigenvalue weighted by atomic mass is 35.5. The lowest BCUT2D eigenvalue weighted by atomic mass is 9.99. The van der Waals surface area contributed by atoms with Gasteiger partial charge in [0.25, 0.3) is 0 Å². The number of fused-ring (bicyclic) bond motifs is 1. The summed E-state index contributed by atoms with van der Waals surface area (Å²) in [5.41, 5.74) is 1.25. The van der Waals surface area contributed by atoms with Crippen molar-refractivity contribution in [3.05, 3.63) is 75.0 Å². The number of hydrogen-bond acceptors (Lipinski definition) is 3. The Balaban J connectivity index is 1.83. The fourth-order valence-corrected chi connectivity index (χ4v) is 4.74. The van der Waals surface area contributed by atoms with Crippen LogP contribution in [0.1, 0.15) is 17.0 Å². The molecule has 0 aliphatic rings. The van der Waals surface area contributed by atoms with Crippen molar-refractivity contribution in [1.29, 1.82) is 0 Å². The molecule has 0 saturated heterocycles. The van der Waals surface area contributed by atoms with Gasteiger partial charge in [-0.15, -0.1) is 11.3 Å². The van der Waals surface area contributed by atoms with Crippen molar-refractivity contribution in [3.63, 3.8) is 0 Å². The minimum absolute atomic E-state index is 0.0229. The van der Waals surface area contributed by atoms with Crippen LogP contribution in [-0.2, 0) is 9.36 Å².